The van der Waals surface area contributed by atoms with Crippen LogP contribution >= 0.6 is 0 Å². The third-order valence-corrected chi connectivity index (χ3v) is 3.39. The first-order chi connectivity index (χ1) is 7.50. The first-order valence-electron chi connectivity index (χ1n) is 5.62. The molecule has 0 aliphatic heterocycles. The summed E-state index contributed by atoms with van der Waals surface area (Å²) in [5.41, 5.74) is 6.34. The highest BCUT2D eigenvalue weighted by Crippen LogP contribution is 2.16. The van der Waals surface area contributed by atoms with Crippen LogP contribution in [0.2, 0.25) is 0 Å². The maximum absolute atomic E-state index is 4.45. The van der Waals surface area contributed by atoms with Crippen LogP contribution in [0.1, 0.15) is 28.3 Å². The zero-order valence-corrected chi connectivity index (χ0v) is 10.7. The van der Waals surface area contributed by atoms with Crippen molar-refractivity contribution < 1.29 is 0 Å². The van der Waals surface area contributed by atoms with Gasteiger partial charge in [0.2, 0.25) is 0 Å². The molecule has 0 aromatic carbocycles. The minimum absolute atomic E-state index is 0.927. The van der Waals surface area contributed by atoms with E-state index < -0.39 is 0 Å². The van der Waals surface area contributed by atoms with Crippen molar-refractivity contribution in [3.63, 3.8) is 0 Å². The molecule has 0 bridgehead atoms. The highest BCUT2D eigenvalue weighted by molar-refractivity contribution is 5.26. The van der Waals surface area contributed by atoms with E-state index in [2.05, 4.69) is 49.5 Å². The normalized spacial score (nSPS) is 11.1. The Morgan fingerprint density at radius 1 is 1.06 bits per heavy atom. The molecule has 0 unspecified atom stereocenters. The summed E-state index contributed by atoms with van der Waals surface area (Å²) >= 11 is 0. The van der Waals surface area contributed by atoms with Crippen LogP contribution in [0.25, 0.3) is 0 Å². The second kappa shape index (κ2) is 3.81. The average molecular weight is 217 g/mol. The van der Waals surface area contributed by atoms with Crippen LogP contribution in [-0.4, -0.2) is 14.3 Å². The molecule has 0 aliphatic carbocycles. The van der Waals surface area contributed by atoms with E-state index in [0.29, 0.717) is 0 Å². The van der Waals surface area contributed by atoms with Gasteiger partial charge in [-0.2, -0.15) is 5.10 Å². The molecular formula is C13H19N3. The third-order valence-electron chi connectivity index (χ3n) is 3.39. The van der Waals surface area contributed by atoms with E-state index >= 15 is 0 Å². The molecule has 0 saturated carbocycles. The Kier molecular flexibility index (Phi) is 2.62. The minimum Gasteiger partial charge on any atom is -0.345 e. The summed E-state index contributed by atoms with van der Waals surface area (Å²) < 4.78 is 4.29. The number of hydrogen-bond donors (Lipinski definition) is 0. The van der Waals surface area contributed by atoms with Gasteiger partial charge in [0.15, 0.2) is 0 Å². The molecule has 0 saturated heterocycles. The van der Waals surface area contributed by atoms with Crippen LogP contribution in [-0.2, 0) is 13.6 Å². The van der Waals surface area contributed by atoms with E-state index in [1.54, 1.807) is 0 Å². The van der Waals surface area contributed by atoms with E-state index in [1.165, 1.54) is 22.6 Å². The van der Waals surface area contributed by atoms with Gasteiger partial charge in [-0.3, -0.25) is 4.68 Å². The minimum atomic E-state index is 0.927. The molecule has 3 nitrogen and oxygen atoms in total. The topological polar surface area (TPSA) is 22.8 Å². The van der Waals surface area contributed by atoms with Crippen molar-refractivity contribution in [2.45, 2.75) is 34.2 Å². The molecule has 16 heavy (non-hydrogen) atoms. The molecular weight excluding hydrogens is 198 g/mol. The van der Waals surface area contributed by atoms with Crippen molar-refractivity contribution in [2.75, 3.05) is 0 Å². The molecule has 2 aromatic rings. The van der Waals surface area contributed by atoms with Crippen molar-refractivity contribution in [3.8, 4) is 0 Å². The van der Waals surface area contributed by atoms with E-state index in [-0.39, 0.29) is 0 Å². The molecule has 0 aliphatic rings. The third kappa shape index (κ3) is 1.66. The Morgan fingerprint density at radius 2 is 1.62 bits per heavy atom. The molecule has 0 N–H and O–H groups in total. The molecule has 0 amide bonds. The van der Waals surface area contributed by atoms with Crippen LogP contribution in [0.15, 0.2) is 12.1 Å². The van der Waals surface area contributed by atoms with Crippen LogP contribution < -0.4 is 0 Å². The number of rotatable bonds is 2. The zero-order chi connectivity index (χ0) is 11.9. The van der Waals surface area contributed by atoms with Gasteiger partial charge in [-0.05, 0) is 39.8 Å². The summed E-state index contributed by atoms with van der Waals surface area (Å²) in [7, 11) is 2.00. The van der Waals surface area contributed by atoms with E-state index in [9.17, 15) is 0 Å². The fraction of sp³-hybridized carbons (Fsp3) is 0.462. The highest BCUT2D eigenvalue weighted by Gasteiger charge is 2.11. The summed E-state index contributed by atoms with van der Waals surface area (Å²) in [6.45, 7) is 9.43. The molecule has 2 rings (SSSR count). The highest BCUT2D eigenvalue weighted by atomic mass is 15.3. The summed E-state index contributed by atoms with van der Waals surface area (Å²) in [6, 6.07) is 4.33. The van der Waals surface area contributed by atoms with Crippen molar-refractivity contribution >= 4 is 0 Å². The standard InChI is InChI=1S/C13H19N3/c1-9-6-7-10(2)16(9)8-13-11(3)14-15(5)12(13)4/h6-7H,8H2,1-5H3. The van der Waals surface area contributed by atoms with Gasteiger partial charge in [-0.15, -0.1) is 0 Å². The maximum atomic E-state index is 4.45. The second-order valence-electron chi connectivity index (χ2n) is 4.48. The van der Waals surface area contributed by atoms with Crippen LogP contribution in [0.3, 0.4) is 0 Å². The quantitative estimate of drug-likeness (QED) is 0.758. The van der Waals surface area contributed by atoms with E-state index in [1.807, 2.05) is 11.7 Å². The molecule has 3 heteroatoms. The summed E-state index contributed by atoms with van der Waals surface area (Å²) in [5.74, 6) is 0. The molecule has 2 heterocycles. The van der Waals surface area contributed by atoms with Gasteiger partial charge in [-0.1, -0.05) is 0 Å². The maximum Gasteiger partial charge on any atom is 0.0646 e. The summed E-state index contributed by atoms with van der Waals surface area (Å²) in [4.78, 5) is 0. The fourth-order valence-electron chi connectivity index (χ4n) is 2.15. The Balaban J connectivity index is 2.41. The van der Waals surface area contributed by atoms with Crippen LogP contribution in [0.4, 0.5) is 0 Å². The molecule has 0 atom stereocenters. The smallest absolute Gasteiger partial charge is 0.0646 e. The van der Waals surface area contributed by atoms with Crippen molar-refractivity contribution in [1.82, 2.24) is 14.3 Å². The van der Waals surface area contributed by atoms with E-state index in [4.69, 9.17) is 0 Å². The number of nitrogens with zero attached hydrogens (tertiary/aromatic N) is 3. The van der Waals surface area contributed by atoms with Crippen LogP contribution in [0.5, 0.6) is 0 Å². The van der Waals surface area contributed by atoms with Crippen molar-refractivity contribution in [2.24, 2.45) is 7.05 Å². The first kappa shape index (κ1) is 11.0. The second-order valence-corrected chi connectivity index (χ2v) is 4.48. The van der Waals surface area contributed by atoms with E-state index in [0.717, 1.165) is 12.2 Å². The Morgan fingerprint density at radius 3 is 2.06 bits per heavy atom. The number of aryl methyl sites for hydroxylation is 4. The first-order valence-corrected chi connectivity index (χ1v) is 5.62. The Bertz CT molecular complexity index is 498. The van der Waals surface area contributed by atoms with Gasteiger partial charge >= 0.3 is 0 Å². The lowest BCUT2D eigenvalue weighted by atomic mass is 10.2. The summed E-state index contributed by atoms with van der Waals surface area (Å²) in [6.07, 6.45) is 0. The lowest BCUT2D eigenvalue weighted by Crippen LogP contribution is -2.05. The predicted molar refractivity (Wildman–Crippen MR) is 65.7 cm³/mol. The zero-order valence-electron chi connectivity index (χ0n) is 10.7. The van der Waals surface area contributed by atoms with Gasteiger partial charge < -0.3 is 4.57 Å². The van der Waals surface area contributed by atoms with Gasteiger partial charge in [0.1, 0.15) is 0 Å². The molecule has 2 aromatic heterocycles. The van der Waals surface area contributed by atoms with Gasteiger partial charge in [0, 0.05) is 29.7 Å². The SMILES string of the molecule is Cc1nn(C)c(C)c1Cn1c(C)ccc1C. The summed E-state index contributed by atoms with van der Waals surface area (Å²) in [5, 5.41) is 4.45. The predicted octanol–water partition coefficient (Wildman–Crippen LogP) is 2.50. The molecule has 0 spiro atoms. The van der Waals surface area contributed by atoms with Crippen molar-refractivity contribution in [3.05, 3.63) is 40.5 Å². The lowest BCUT2D eigenvalue weighted by molar-refractivity contribution is 0.720. The molecule has 86 valence electrons. The molecule has 0 radical (unpaired) electrons. The largest absolute Gasteiger partial charge is 0.345 e. The van der Waals surface area contributed by atoms with Gasteiger partial charge in [0.05, 0.1) is 12.2 Å². The molecule has 0 fully saturated rings. The van der Waals surface area contributed by atoms with Gasteiger partial charge in [0.25, 0.3) is 0 Å². The lowest BCUT2D eigenvalue weighted by Gasteiger charge is -2.09. The average Bonchev–Trinajstić information content (AvgIpc) is 2.65. The number of aromatic nitrogens is 3. The van der Waals surface area contributed by atoms with Gasteiger partial charge in [-0.25, -0.2) is 0 Å². The van der Waals surface area contributed by atoms with Crippen LogP contribution in [0, 0.1) is 27.7 Å². The monoisotopic (exact) mass is 217 g/mol. The number of hydrogen-bond acceptors (Lipinski definition) is 1. The fourth-order valence-corrected chi connectivity index (χ4v) is 2.15. The van der Waals surface area contributed by atoms with Crippen molar-refractivity contribution in [1.29, 1.82) is 0 Å². The Labute approximate surface area is 96.7 Å². The Hall–Kier alpha value is -1.51.